The highest BCUT2D eigenvalue weighted by Gasteiger charge is 2.36. The Balaban J connectivity index is 2.08. The molecule has 1 rings (SSSR count). The van der Waals surface area contributed by atoms with Crippen LogP contribution < -0.4 is 5.32 Å². The minimum absolute atomic E-state index is 0.358. The summed E-state index contributed by atoms with van der Waals surface area (Å²) < 4.78 is 21.0. The van der Waals surface area contributed by atoms with E-state index in [0.29, 0.717) is 32.2 Å². The lowest BCUT2D eigenvalue weighted by atomic mass is 10.3. The lowest BCUT2D eigenvalue weighted by molar-refractivity contribution is 0.121. The van der Waals surface area contributed by atoms with E-state index in [-0.39, 0.29) is 0 Å². The number of carbonyl (C=O) groups is 1. The predicted octanol–water partition coefficient (Wildman–Crippen LogP) is 1.37. The Morgan fingerprint density at radius 3 is 2.55 bits per heavy atom. The summed E-state index contributed by atoms with van der Waals surface area (Å²) in [5.41, 5.74) is 0. The molecule has 7 nitrogen and oxygen atoms in total. The molecule has 22 heavy (non-hydrogen) atoms. The molecular formula is C14H26N2O5Si. The summed E-state index contributed by atoms with van der Waals surface area (Å²) in [4.78, 5) is 13.6. The number of carbonyl (C=O) groups excluding carboxylic acids is 1. The van der Waals surface area contributed by atoms with Crippen molar-refractivity contribution in [3.05, 3.63) is 24.4 Å². The van der Waals surface area contributed by atoms with E-state index in [4.69, 9.17) is 18.0 Å². The highest BCUT2D eigenvalue weighted by Crippen LogP contribution is 2.14. The van der Waals surface area contributed by atoms with Crippen LogP contribution >= 0.6 is 0 Å². The maximum Gasteiger partial charge on any atom is 0.500 e. The van der Waals surface area contributed by atoms with Gasteiger partial charge >= 0.3 is 14.9 Å². The van der Waals surface area contributed by atoms with Crippen LogP contribution in [0, 0.1) is 0 Å². The van der Waals surface area contributed by atoms with Crippen LogP contribution in [-0.4, -0.2) is 67.4 Å². The van der Waals surface area contributed by atoms with E-state index in [1.807, 2.05) is 18.4 Å². The Labute approximate surface area is 133 Å². The summed E-state index contributed by atoms with van der Waals surface area (Å²) in [5, 5.41) is 2.71. The summed E-state index contributed by atoms with van der Waals surface area (Å²) in [7, 11) is 2.17. The lowest BCUT2D eigenvalue weighted by Crippen LogP contribution is -2.43. The highest BCUT2D eigenvalue weighted by atomic mass is 28.4. The Bertz CT molecular complexity index is 377. The topological polar surface area (TPSA) is 69.3 Å². The van der Waals surface area contributed by atoms with Crippen molar-refractivity contribution >= 4 is 14.9 Å². The lowest BCUT2D eigenvalue weighted by Gasteiger charge is -2.24. The minimum Gasteiger partial charge on any atom is -0.448 e. The fourth-order valence-corrected chi connectivity index (χ4v) is 3.75. The van der Waals surface area contributed by atoms with Crippen LogP contribution in [0.1, 0.15) is 6.42 Å². The third-order valence-corrected chi connectivity index (χ3v) is 6.19. The zero-order chi connectivity index (χ0) is 16.3. The van der Waals surface area contributed by atoms with E-state index in [9.17, 15) is 4.79 Å². The number of ether oxygens (including phenoxy) is 1. The first-order chi connectivity index (χ1) is 10.7. The molecule has 0 saturated heterocycles. The molecule has 126 valence electrons. The van der Waals surface area contributed by atoms with Gasteiger partial charge in [-0.1, -0.05) is 12.2 Å². The van der Waals surface area contributed by atoms with Crippen LogP contribution in [-0.2, 0) is 18.0 Å². The number of alkyl carbamates (subject to hydrolysis) is 1. The average Bonchev–Trinajstić information content (AvgIpc) is 2.57. The first-order valence-electron chi connectivity index (χ1n) is 7.29. The Morgan fingerprint density at radius 1 is 1.23 bits per heavy atom. The molecule has 1 heterocycles. The molecule has 0 aromatic rings. The van der Waals surface area contributed by atoms with E-state index in [1.54, 1.807) is 21.3 Å². The molecule has 0 radical (unpaired) electrons. The number of amides is 1. The van der Waals surface area contributed by atoms with Gasteiger partial charge in [-0.3, -0.25) is 0 Å². The van der Waals surface area contributed by atoms with Gasteiger partial charge in [-0.2, -0.15) is 0 Å². The third kappa shape index (κ3) is 6.61. The molecule has 1 amide bonds. The molecule has 0 atom stereocenters. The van der Waals surface area contributed by atoms with Crippen LogP contribution in [0.3, 0.4) is 0 Å². The van der Waals surface area contributed by atoms with E-state index in [1.165, 1.54) is 0 Å². The maximum atomic E-state index is 11.6. The fraction of sp³-hybridized carbons (Fsp3) is 0.643. The smallest absolute Gasteiger partial charge is 0.448 e. The summed E-state index contributed by atoms with van der Waals surface area (Å²) in [6, 6.07) is 0.641. The van der Waals surface area contributed by atoms with Crippen molar-refractivity contribution in [1.29, 1.82) is 0 Å². The minimum atomic E-state index is -2.55. The first kappa shape index (κ1) is 18.7. The van der Waals surface area contributed by atoms with Crippen molar-refractivity contribution in [1.82, 2.24) is 10.2 Å². The van der Waals surface area contributed by atoms with Crippen molar-refractivity contribution in [3.8, 4) is 0 Å². The van der Waals surface area contributed by atoms with Gasteiger partial charge in [0.05, 0.1) is 6.54 Å². The first-order valence-corrected chi connectivity index (χ1v) is 9.22. The summed E-state index contributed by atoms with van der Waals surface area (Å²) in [6.45, 7) is 2.38. The molecule has 0 spiro atoms. The van der Waals surface area contributed by atoms with E-state index >= 15 is 0 Å². The Kier molecular flexibility index (Phi) is 8.83. The number of hydrogen-bond donors (Lipinski definition) is 1. The van der Waals surface area contributed by atoms with Crippen LogP contribution in [0.15, 0.2) is 24.4 Å². The standard InChI is InChI=1S/C14H26N2O5Si/c1-18-22(19-2,20-3)13-7-8-15-14(17)21-12-11-16-9-5-4-6-10-16/h4-6,9H,7-8,10-13H2,1-3H3,(H,15,17). The molecule has 1 N–H and O–H groups in total. The van der Waals surface area contributed by atoms with Gasteiger partial charge in [0.25, 0.3) is 0 Å². The molecule has 0 aliphatic carbocycles. The number of nitrogens with one attached hydrogen (secondary N) is 1. The van der Waals surface area contributed by atoms with Gasteiger partial charge in [-0.05, 0) is 18.7 Å². The zero-order valence-corrected chi connectivity index (χ0v) is 14.5. The highest BCUT2D eigenvalue weighted by molar-refractivity contribution is 6.60. The fourth-order valence-electron chi connectivity index (χ4n) is 2.03. The quantitative estimate of drug-likeness (QED) is 0.482. The van der Waals surface area contributed by atoms with Crippen molar-refractivity contribution < 1.29 is 22.8 Å². The van der Waals surface area contributed by atoms with Crippen molar-refractivity contribution in [2.45, 2.75) is 12.5 Å². The molecule has 0 unspecified atom stereocenters. The van der Waals surface area contributed by atoms with Crippen LogP contribution in [0.5, 0.6) is 0 Å². The largest absolute Gasteiger partial charge is 0.500 e. The molecular weight excluding hydrogens is 304 g/mol. The van der Waals surface area contributed by atoms with Crippen LogP contribution in [0.25, 0.3) is 0 Å². The van der Waals surface area contributed by atoms with Crippen LogP contribution in [0.2, 0.25) is 6.04 Å². The Morgan fingerprint density at radius 2 is 1.95 bits per heavy atom. The molecule has 0 bridgehead atoms. The van der Waals surface area contributed by atoms with E-state index in [0.717, 1.165) is 6.54 Å². The summed E-state index contributed by atoms with van der Waals surface area (Å²) in [6.07, 6.45) is 8.28. The van der Waals surface area contributed by atoms with Crippen LogP contribution in [0.4, 0.5) is 4.79 Å². The monoisotopic (exact) mass is 330 g/mol. The van der Waals surface area contributed by atoms with Gasteiger partial charge in [0.1, 0.15) is 6.61 Å². The van der Waals surface area contributed by atoms with Gasteiger partial charge in [0, 0.05) is 40.5 Å². The molecule has 1 aliphatic rings. The van der Waals surface area contributed by atoms with Gasteiger partial charge in [0.2, 0.25) is 0 Å². The molecule has 0 saturated carbocycles. The Hall–Kier alpha value is -1.35. The van der Waals surface area contributed by atoms with E-state index in [2.05, 4.69) is 16.3 Å². The maximum absolute atomic E-state index is 11.6. The molecule has 0 fully saturated rings. The van der Waals surface area contributed by atoms with Gasteiger partial charge in [-0.25, -0.2) is 4.79 Å². The van der Waals surface area contributed by atoms with Crippen molar-refractivity contribution in [3.63, 3.8) is 0 Å². The third-order valence-electron chi connectivity index (χ3n) is 3.36. The second kappa shape index (κ2) is 10.4. The normalized spacial score (nSPS) is 14.2. The van der Waals surface area contributed by atoms with Crippen molar-refractivity contribution in [2.75, 3.05) is 47.6 Å². The second-order valence-corrected chi connectivity index (χ2v) is 7.82. The van der Waals surface area contributed by atoms with Gasteiger partial charge in [-0.15, -0.1) is 0 Å². The number of rotatable bonds is 10. The second-order valence-electron chi connectivity index (χ2n) is 4.73. The predicted molar refractivity (Wildman–Crippen MR) is 85.4 cm³/mol. The molecule has 1 aliphatic heterocycles. The molecule has 8 heteroatoms. The number of allylic oxidation sites excluding steroid dienone is 2. The zero-order valence-electron chi connectivity index (χ0n) is 13.5. The summed E-state index contributed by atoms with van der Waals surface area (Å²) in [5.74, 6) is 0. The van der Waals surface area contributed by atoms with Gasteiger partial charge < -0.3 is 28.2 Å². The average molecular weight is 330 g/mol. The number of nitrogens with zero attached hydrogens (tertiary/aromatic N) is 1. The van der Waals surface area contributed by atoms with Crippen molar-refractivity contribution in [2.24, 2.45) is 0 Å². The van der Waals surface area contributed by atoms with Gasteiger partial charge in [0.15, 0.2) is 0 Å². The molecule has 0 aromatic heterocycles. The molecule has 0 aromatic carbocycles. The SMILES string of the molecule is CO[Si](CCCNC(=O)OCCN1C=CC=CC1)(OC)OC. The summed E-state index contributed by atoms with van der Waals surface area (Å²) >= 11 is 0. The number of hydrogen-bond acceptors (Lipinski definition) is 6. The van der Waals surface area contributed by atoms with E-state index < -0.39 is 14.9 Å².